The summed E-state index contributed by atoms with van der Waals surface area (Å²) in [6.45, 7) is 0. The van der Waals surface area contributed by atoms with Gasteiger partial charge in [0.15, 0.2) is 0 Å². The Kier molecular flexibility index (Phi) is 4.36. The van der Waals surface area contributed by atoms with Crippen LogP contribution >= 0.6 is 10.2 Å². The third-order valence-electron chi connectivity index (χ3n) is 0.565. The van der Waals surface area contributed by atoms with E-state index >= 15 is 0 Å². The molecule has 0 amide bonds. The van der Waals surface area contributed by atoms with Gasteiger partial charge in [-0.05, 0) is 0 Å². The molecule has 0 aliphatic rings. The Morgan fingerprint density at radius 1 is 2.00 bits per heavy atom. The fourth-order valence-corrected chi connectivity index (χ4v) is 1.36. The Labute approximate surface area is 58.9 Å². The molecule has 0 rings (SSSR count). The average molecular weight is 199 g/mol. The van der Waals surface area contributed by atoms with Crippen LogP contribution in [0.2, 0.25) is 0 Å². The van der Waals surface area contributed by atoms with Gasteiger partial charge < -0.3 is 0 Å². The number of hydrogen-bond donors (Lipinski definition) is 2. The van der Waals surface area contributed by atoms with Gasteiger partial charge in [0.25, 0.3) is 0 Å². The maximum atomic E-state index is 9.94. The van der Waals surface area contributed by atoms with Crippen LogP contribution in [-0.4, -0.2) is 37.8 Å². The van der Waals surface area contributed by atoms with E-state index < -0.39 is 12.0 Å². The van der Waals surface area contributed by atoms with E-state index in [-0.39, 0.29) is 0 Å². The molecule has 0 aromatic carbocycles. The first-order chi connectivity index (χ1) is 3.68. The Bertz CT molecular complexity index is 89.4. The van der Waals surface area contributed by atoms with Crippen LogP contribution in [0.5, 0.6) is 0 Å². The van der Waals surface area contributed by atoms with Crippen LogP contribution in [0.3, 0.4) is 0 Å². The van der Waals surface area contributed by atoms with Crippen molar-refractivity contribution >= 4 is 31.0 Å². The van der Waals surface area contributed by atoms with Crippen LogP contribution in [0.15, 0.2) is 0 Å². The van der Waals surface area contributed by atoms with Gasteiger partial charge in [0.1, 0.15) is 0 Å². The molecule has 0 saturated heterocycles. The van der Waals surface area contributed by atoms with Crippen molar-refractivity contribution in [2.24, 2.45) is 5.73 Å². The predicted molar refractivity (Wildman–Crippen MR) is 33.8 cm³/mol. The monoisotopic (exact) mass is 200 g/mol. The minimum atomic E-state index is -0.951. The van der Waals surface area contributed by atoms with Gasteiger partial charge in [0, 0.05) is 0 Å². The zero-order valence-electron chi connectivity index (χ0n) is 4.03. The molecule has 1 unspecified atom stereocenters. The standard InChI is InChI=1S/C3H6NO2SSe/c4-2(1-7-8)3(5)6/h2H,1,4H2,(H,5,6). The van der Waals surface area contributed by atoms with E-state index in [9.17, 15) is 4.79 Å². The van der Waals surface area contributed by atoms with Gasteiger partial charge in [-0.25, -0.2) is 0 Å². The first kappa shape index (κ1) is 8.30. The van der Waals surface area contributed by atoms with E-state index in [1.54, 1.807) is 0 Å². The van der Waals surface area contributed by atoms with E-state index in [0.717, 1.165) is 0 Å². The Morgan fingerprint density at radius 3 is 2.62 bits per heavy atom. The van der Waals surface area contributed by atoms with Crippen molar-refractivity contribution in [1.82, 2.24) is 0 Å². The summed E-state index contributed by atoms with van der Waals surface area (Å²) < 4.78 is 0. The maximum absolute atomic E-state index is 9.94. The summed E-state index contributed by atoms with van der Waals surface area (Å²) in [5.41, 5.74) is 5.09. The average Bonchev–Trinajstić information content (AvgIpc) is 1.67. The summed E-state index contributed by atoms with van der Waals surface area (Å²) in [6, 6.07) is -0.735. The molecule has 3 nitrogen and oxygen atoms in total. The number of rotatable bonds is 3. The fourth-order valence-electron chi connectivity index (χ4n) is 0.145. The molecule has 0 heterocycles. The van der Waals surface area contributed by atoms with Crippen molar-refractivity contribution in [2.45, 2.75) is 6.04 Å². The summed E-state index contributed by atoms with van der Waals surface area (Å²) in [5, 5.41) is 8.16. The summed E-state index contributed by atoms with van der Waals surface area (Å²) in [5.74, 6) is -0.525. The van der Waals surface area contributed by atoms with Crippen LogP contribution in [0.1, 0.15) is 0 Å². The van der Waals surface area contributed by atoms with E-state index in [0.29, 0.717) is 5.75 Å². The normalized spacial score (nSPS) is 13.2. The molecule has 0 fully saturated rings. The summed E-state index contributed by atoms with van der Waals surface area (Å²) >= 11 is 2.60. The zero-order valence-corrected chi connectivity index (χ0v) is 6.56. The molecular weight excluding hydrogens is 193 g/mol. The SMILES string of the molecule is NC(CS[Se])C(=O)O. The molecule has 0 saturated carbocycles. The zero-order chi connectivity index (χ0) is 6.57. The third kappa shape index (κ3) is 3.32. The van der Waals surface area contributed by atoms with Crippen LogP contribution in [-0.2, 0) is 4.79 Å². The molecule has 0 spiro atoms. The molecule has 0 aromatic rings. The second-order valence-corrected chi connectivity index (χ2v) is 3.28. The Morgan fingerprint density at radius 2 is 2.50 bits per heavy atom. The van der Waals surface area contributed by atoms with Crippen molar-refractivity contribution in [3.8, 4) is 0 Å². The molecule has 1 atom stereocenters. The van der Waals surface area contributed by atoms with Crippen molar-refractivity contribution in [2.75, 3.05) is 5.75 Å². The Hall–Kier alpha value is 0.299. The molecular formula is C3H6NO2SSe. The quantitative estimate of drug-likeness (QED) is 0.585. The molecule has 0 aliphatic heterocycles. The Balaban J connectivity index is 3.32. The van der Waals surface area contributed by atoms with Crippen molar-refractivity contribution in [3.63, 3.8) is 0 Å². The first-order valence-electron chi connectivity index (χ1n) is 1.91. The summed E-state index contributed by atoms with van der Waals surface area (Å²) in [4.78, 5) is 9.94. The van der Waals surface area contributed by atoms with E-state index in [2.05, 4.69) is 14.9 Å². The van der Waals surface area contributed by atoms with Crippen LogP contribution < -0.4 is 5.73 Å². The topological polar surface area (TPSA) is 63.3 Å². The number of carboxylic acids is 1. The molecule has 8 heavy (non-hydrogen) atoms. The van der Waals surface area contributed by atoms with Gasteiger partial charge in [-0.15, -0.1) is 0 Å². The van der Waals surface area contributed by atoms with Crippen molar-refractivity contribution < 1.29 is 9.90 Å². The molecule has 47 valence electrons. The van der Waals surface area contributed by atoms with E-state index in [4.69, 9.17) is 10.8 Å². The van der Waals surface area contributed by atoms with Gasteiger partial charge >= 0.3 is 58.5 Å². The predicted octanol–water partition coefficient (Wildman–Crippen LogP) is -0.785. The number of carboxylic acid groups (broad SMARTS) is 1. The van der Waals surface area contributed by atoms with Crippen LogP contribution in [0.4, 0.5) is 0 Å². The van der Waals surface area contributed by atoms with Gasteiger partial charge in [-0.1, -0.05) is 0 Å². The second kappa shape index (κ2) is 4.21. The second-order valence-electron chi connectivity index (χ2n) is 1.23. The molecule has 3 N–H and O–H groups in total. The van der Waals surface area contributed by atoms with E-state index in [1.807, 2.05) is 0 Å². The molecule has 0 bridgehead atoms. The first-order valence-corrected chi connectivity index (χ1v) is 4.92. The molecule has 0 aromatic heterocycles. The van der Waals surface area contributed by atoms with E-state index in [1.165, 1.54) is 10.2 Å². The van der Waals surface area contributed by atoms with Crippen LogP contribution in [0, 0.1) is 0 Å². The number of nitrogens with two attached hydrogens (primary N) is 1. The molecule has 1 radical (unpaired) electrons. The molecule has 0 aliphatic carbocycles. The van der Waals surface area contributed by atoms with Gasteiger partial charge in [-0.3, -0.25) is 0 Å². The van der Waals surface area contributed by atoms with Gasteiger partial charge in [0.2, 0.25) is 0 Å². The molecule has 5 heteroatoms. The number of carbonyl (C=O) groups is 1. The summed E-state index contributed by atoms with van der Waals surface area (Å²) in [7, 11) is 1.31. The number of aliphatic carboxylic acids is 1. The fraction of sp³-hybridized carbons (Fsp3) is 0.667. The third-order valence-corrected chi connectivity index (χ3v) is 1.92. The van der Waals surface area contributed by atoms with Crippen molar-refractivity contribution in [3.05, 3.63) is 0 Å². The van der Waals surface area contributed by atoms with Gasteiger partial charge in [-0.2, -0.15) is 0 Å². The van der Waals surface area contributed by atoms with Crippen LogP contribution in [0.25, 0.3) is 0 Å². The minimum absolute atomic E-state index is 0.426. The number of hydrogen-bond acceptors (Lipinski definition) is 3. The van der Waals surface area contributed by atoms with Crippen molar-refractivity contribution in [1.29, 1.82) is 0 Å². The van der Waals surface area contributed by atoms with Gasteiger partial charge in [0.05, 0.1) is 0 Å². The summed E-state index contributed by atoms with van der Waals surface area (Å²) in [6.07, 6.45) is 0.